The Bertz CT molecular complexity index is 630. The zero-order valence-corrected chi connectivity index (χ0v) is 12.5. The van der Waals surface area contributed by atoms with Gasteiger partial charge in [-0.3, -0.25) is 0 Å². The zero-order chi connectivity index (χ0) is 13.8. The van der Waals surface area contributed by atoms with Crippen molar-refractivity contribution in [1.29, 1.82) is 0 Å². The van der Waals surface area contributed by atoms with Crippen LogP contribution in [0.2, 0.25) is 0 Å². The van der Waals surface area contributed by atoms with Crippen molar-refractivity contribution < 1.29 is 4.74 Å². The third kappa shape index (κ3) is 2.00. The van der Waals surface area contributed by atoms with E-state index in [-0.39, 0.29) is 5.38 Å². The highest BCUT2D eigenvalue weighted by atomic mass is 35.5. The van der Waals surface area contributed by atoms with Gasteiger partial charge in [-0.1, -0.05) is 13.8 Å². The van der Waals surface area contributed by atoms with Crippen LogP contribution in [0.3, 0.4) is 0 Å². The van der Waals surface area contributed by atoms with E-state index in [9.17, 15) is 0 Å². The number of fused-ring (bicyclic) bond motifs is 1. The molecular weight excluding hydrogens is 260 g/mol. The Morgan fingerprint density at radius 1 is 1.47 bits per heavy atom. The summed E-state index contributed by atoms with van der Waals surface area (Å²) in [4.78, 5) is 4.69. The molecule has 0 radical (unpaired) electrons. The fourth-order valence-electron chi connectivity index (χ4n) is 2.71. The van der Waals surface area contributed by atoms with Crippen LogP contribution >= 0.6 is 11.6 Å². The van der Waals surface area contributed by atoms with Crippen molar-refractivity contribution in [3.05, 3.63) is 24.0 Å². The Hall–Kier alpha value is -1.22. The lowest BCUT2D eigenvalue weighted by molar-refractivity contribution is 0.415. The molecule has 1 fully saturated rings. The van der Waals surface area contributed by atoms with E-state index in [0.717, 1.165) is 22.6 Å². The summed E-state index contributed by atoms with van der Waals surface area (Å²) in [5.74, 6) is 1.82. The van der Waals surface area contributed by atoms with Crippen LogP contribution in [-0.2, 0) is 0 Å². The van der Waals surface area contributed by atoms with Gasteiger partial charge in [0.25, 0.3) is 0 Å². The number of ether oxygens (including phenoxy) is 1. The second-order valence-electron chi connectivity index (χ2n) is 6.02. The van der Waals surface area contributed by atoms with Crippen LogP contribution in [0, 0.1) is 5.41 Å². The molecule has 2 aromatic rings. The SMILES string of the molecule is COc1ccc2nc(C(C)Cl)n(C3CC3(C)C)c2c1. The lowest BCUT2D eigenvalue weighted by Gasteiger charge is -2.12. The van der Waals surface area contributed by atoms with Gasteiger partial charge in [0, 0.05) is 12.1 Å². The summed E-state index contributed by atoms with van der Waals surface area (Å²) in [6, 6.07) is 6.49. The van der Waals surface area contributed by atoms with E-state index in [1.807, 2.05) is 19.1 Å². The molecule has 0 bridgehead atoms. The molecular formula is C15H19ClN2O. The molecule has 19 heavy (non-hydrogen) atoms. The Balaban J connectivity index is 2.22. The van der Waals surface area contributed by atoms with Crippen LogP contribution in [0.25, 0.3) is 11.0 Å². The molecule has 2 unspecified atom stereocenters. The van der Waals surface area contributed by atoms with Gasteiger partial charge in [-0.15, -0.1) is 11.6 Å². The molecule has 1 aromatic heterocycles. The number of hydrogen-bond acceptors (Lipinski definition) is 2. The van der Waals surface area contributed by atoms with E-state index in [1.165, 1.54) is 6.42 Å². The van der Waals surface area contributed by atoms with E-state index in [0.29, 0.717) is 11.5 Å². The summed E-state index contributed by atoms with van der Waals surface area (Å²) < 4.78 is 7.63. The van der Waals surface area contributed by atoms with Crippen molar-refractivity contribution in [2.45, 2.75) is 38.6 Å². The standard InChI is InChI=1S/C15H19ClN2O/c1-9(16)14-17-11-6-5-10(19-4)7-12(11)18(14)13-8-15(13,2)3/h5-7,9,13H,8H2,1-4H3. The maximum atomic E-state index is 6.30. The summed E-state index contributed by atoms with van der Waals surface area (Å²) in [5.41, 5.74) is 2.44. The molecule has 0 saturated heterocycles. The van der Waals surface area contributed by atoms with Crippen LogP contribution in [0.1, 0.15) is 44.4 Å². The topological polar surface area (TPSA) is 27.1 Å². The van der Waals surface area contributed by atoms with Crippen LogP contribution < -0.4 is 4.74 Å². The van der Waals surface area contributed by atoms with E-state index < -0.39 is 0 Å². The average molecular weight is 279 g/mol. The molecule has 0 spiro atoms. The number of imidazole rings is 1. The molecule has 0 aliphatic heterocycles. The first-order chi connectivity index (χ1) is 8.94. The van der Waals surface area contributed by atoms with Gasteiger partial charge in [-0.05, 0) is 30.9 Å². The van der Waals surface area contributed by atoms with Crippen molar-refractivity contribution in [2.24, 2.45) is 5.41 Å². The van der Waals surface area contributed by atoms with Gasteiger partial charge in [-0.25, -0.2) is 4.98 Å². The number of hydrogen-bond donors (Lipinski definition) is 0. The van der Waals surface area contributed by atoms with Gasteiger partial charge in [0.2, 0.25) is 0 Å². The molecule has 1 heterocycles. The minimum atomic E-state index is -0.0882. The molecule has 0 amide bonds. The molecule has 0 N–H and O–H groups in total. The smallest absolute Gasteiger partial charge is 0.127 e. The Morgan fingerprint density at radius 3 is 2.68 bits per heavy atom. The first kappa shape index (κ1) is 12.8. The highest BCUT2D eigenvalue weighted by Crippen LogP contribution is 2.57. The minimum absolute atomic E-state index is 0.0882. The maximum Gasteiger partial charge on any atom is 0.127 e. The molecule has 1 aliphatic carbocycles. The molecule has 1 aliphatic rings. The average Bonchev–Trinajstić information content (AvgIpc) is 2.84. The molecule has 4 heteroatoms. The number of alkyl halides is 1. The quantitative estimate of drug-likeness (QED) is 0.782. The number of methoxy groups -OCH3 is 1. The Morgan fingerprint density at radius 2 is 2.16 bits per heavy atom. The highest BCUT2D eigenvalue weighted by molar-refractivity contribution is 6.20. The number of nitrogens with zero attached hydrogens (tertiary/aromatic N) is 2. The van der Waals surface area contributed by atoms with Crippen molar-refractivity contribution in [1.82, 2.24) is 9.55 Å². The predicted molar refractivity (Wildman–Crippen MR) is 78.0 cm³/mol. The van der Waals surface area contributed by atoms with Gasteiger partial charge < -0.3 is 9.30 Å². The molecule has 1 aromatic carbocycles. The van der Waals surface area contributed by atoms with Crippen molar-refractivity contribution >= 4 is 22.6 Å². The van der Waals surface area contributed by atoms with Crippen molar-refractivity contribution in [3.63, 3.8) is 0 Å². The number of benzene rings is 1. The third-order valence-electron chi connectivity index (χ3n) is 4.05. The second-order valence-corrected chi connectivity index (χ2v) is 6.67. The fraction of sp³-hybridized carbons (Fsp3) is 0.533. The molecule has 102 valence electrons. The number of rotatable bonds is 3. The monoisotopic (exact) mass is 278 g/mol. The van der Waals surface area contributed by atoms with Crippen molar-refractivity contribution in [2.75, 3.05) is 7.11 Å². The summed E-state index contributed by atoms with van der Waals surface area (Å²) >= 11 is 6.30. The summed E-state index contributed by atoms with van der Waals surface area (Å²) in [7, 11) is 1.69. The lowest BCUT2D eigenvalue weighted by atomic mass is 10.2. The van der Waals surface area contributed by atoms with E-state index in [2.05, 4.69) is 29.5 Å². The van der Waals surface area contributed by atoms with Crippen LogP contribution in [-0.4, -0.2) is 16.7 Å². The summed E-state index contributed by atoms with van der Waals surface area (Å²) in [5, 5.41) is -0.0882. The first-order valence-corrected chi connectivity index (χ1v) is 7.07. The Labute approximate surface area is 118 Å². The summed E-state index contributed by atoms with van der Waals surface area (Å²) in [6.45, 7) is 6.55. The van der Waals surface area contributed by atoms with Gasteiger partial charge in [0.1, 0.15) is 11.6 Å². The fourth-order valence-corrected chi connectivity index (χ4v) is 2.86. The lowest BCUT2D eigenvalue weighted by Crippen LogP contribution is -2.06. The highest BCUT2D eigenvalue weighted by Gasteiger charge is 2.48. The van der Waals surface area contributed by atoms with Crippen LogP contribution in [0.5, 0.6) is 5.75 Å². The third-order valence-corrected chi connectivity index (χ3v) is 4.25. The largest absolute Gasteiger partial charge is 0.497 e. The Kier molecular flexibility index (Phi) is 2.79. The van der Waals surface area contributed by atoms with Crippen LogP contribution in [0.4, 0.5) is 0 Å². The van der Waals surface area contributed by atoms with E-state index in [1.54, 1.807) is 7.11 Å². The number of halogens is 1. The van der Waals surface area contributed by atoms with Gasteiger partial charge in [-0.2, -0.15) is 0 Å². The van der Waals surface area contributed by atoms with Gasteiger partial charge >= 0.3 is 0 Å². The normalized spacial score (nSPS) is 22.5. The summed E-state index contributed by atoms with van der Waals surface area (Å²) in [6.07, 6.45) is 1.17. The van der Waals surface area contributed by atoms with Gasteiger partial charge in [0.15, 0.2) is 0 Å². The second kappa shape index (κ2) is 4.14. The van der Waals surface area contributed by atoms with Gasteiger partial charge in [0.05, 0.1) is 23.5 Å². The molecule has 1 saturated carbocycles. The zero-order valence-electron chi connectivity index (χ0n) is 11.8. The van der Waals surface area contributed by atoms with E-state index in [4.69, 9.17) is 16.3 Å². The van der Waals surface area contributed by atoms with Crippen LogP contribution in [0.15, 0.2) is 18.2 Å². The van der Waals surface area contributed by atoms with Crippen molar-refractivity contribution in [3.8, 4) is 5.75 Å². The molecule has 3 nitrogen and oxygen atoms in total. The maximum absolute atomic E-state index is 6.30. The number of aromatic nitrogens is 2. The minimum Gasteiger partial charge on any atom is -0.497 e. The van der Waals surface area contributed by atoms with E-state index >= 15 is 0 Å². The predicted octanol–water partition coefficient (Wildman–Crippen LogP) is 4.32. The molecule has 2 atom stereocenters. The first-order valence-electron chi connectivity index (χ1n) is 6.64. The molecule has 3 rings (SSSR count).